The molecular weight excluding hydrogens is 366 g/mol. The molecular formula is C20H15NO3S2. The number of thioether (sulfide) groups is 1. The third kappa shape index (κ3) is 2.76. The Kier molecular flexibility index (Phi) is 4.63. The maximum atomic E-state index is 13.2. The van der Waals surface area contributed by atoms with Crippen molar-refractivity contribution in [2.75, 3.05) is 17.3 Å². The summed E-state index contributed by atoms with van der Waals surface area (Å²) in [6, 6.07) is 17.0. The van der Waals surface area contributed by atoms with Gasteiger partial charge in [-0.2, -0.15) is 0 Å². The lowest BCUT2D eigenvalue weighted by Crippen LogP contribution is -2.31. The number of fused-ring (bicyclic) bond motifs is 1. The SMILES string of the molecule is O=C1C(SCCO)=C(c2cccs2)C(=O)N1c1cccc2ccccc12. The number of hydrogen-bond acceptors (Lipinski definition) is 5. The summed E-state index contributed by atoms with van der Waals surface area (Å²) in [6.45, 7) is -0.0539. The first-order valence-corrected chi connectivity index (χ1v) is 9.97. The summed E-state index contributed by atoms with van der Waals surface area (Å²) in [5.74, 6) is -0.269. The molecule has 0 unspecified atom stereocenters. The Bertz CT molecular complexity index is 1020. The van der Waals surface area contributed by atoms with Gasteiger partial charge in [-0.1, -0.05) is 42.5 Å². The monoisotopic (exact) mass is 381 g/mol. The molecule has 2 amide bonds. The van der Waals surface area contributed by atoms with Crippen molar-refractivity contribution in [1.82, 2.24) is 0 Å². The number of hydrogen-bond donors (Lipinski definition) is 1. The summed E-state index contributed by atoms with van der Waals surface area (Å²) in [5.41, 5.74) is 1.02. The highest BCUT2D eigenvalue weighted by atomic mass is 32.2. The van der Waals surface area contributed by atoms with Crippen molar-refractivity contribution < 1.29 is 14.7 Å². The molecule has 0 fully saturated rings. The molecule has 26 heavy (non-hydrogen) atoms. The van der Waals surface area contributed by atoms with Gasteiger partial charge in [-0.3, -0.25) is 9.59 Å². The van der Waals surface area contributed by atoms with Crippen LogP contribution in [0.2, 0.25) is 0 Å². The summed E-state index contributed by atoms with van der Waals surface area (Å²) in [6.07, 6.45) is 0. The van der Waals surface area contributed by atoms with Gasteiger partial charge in [-0.05, 0) is 22.9 Å². The first kappa shape index (κ1) is 17.0. The number of aliphatic hydroxyl groups excluding tert-OH is 1. The molecule has 3 aromatic rings. The van der Waals surface area contributed by atoms with Gasteiger partial charge in [-0.15, -0.1) is 23.1 Å². The maximum absolute atomic E-state index is 13.2. The van der Waals surface area contributed by atoms with Crippen LogP contribution in [0, 0.1) is 0 Å². The fourth-order valence-electron chi connectivity index (χ4n) is 3.05. The van der Waals surface area contributed by atoms with Crippen molar-refractivity contribution in [3.63, 3.8) is 0 Å². The Morgan fingerprint density at radius 1 is 0.962 bits per heavy atom. The summed E-state index contributed by atoms with van der Waals surface area (Å²) >= 11 is 2.66. The van der Waals surface area contributed by atoms with Gasteiger partial charge in [0.15, 0.2) is 0 Å². The van der Waals surface area contributed by atoms with Crippen LogP contribution in [-0.2, 0) is 9.59 Å². The third-order valence-electron chi connectivity index (χ3n) is 4.15. The average Bonchev–Trinajstić information content (AvgIpc) is 3.26. The summed E-state index contributed by atoms with van der Waals surface area (Å²) < 4.78 is 0. The van der Waals surface area contributed by atoms with Crippen LogP contribution in [0.15, 0.2) is 64.9 Å². The van der Waals surface area contributed by atoms with Crippen molar-refractivity contribution in [2.24, 2.45) is 0 Å². The zero-order valence-corrected chi connectivity index (χ0v) is 15.3. The van der Waals surface area contributed by atoms with Gasteiger partial charge < -0.3 is 5.11 Å². The summed E-state index contributed by atoms with van der Waals surface area (Å²) in [5, 5.41) is 12.9. The molecule has 0 spiro atoms. The number of rotatable bonds is 5. The number of amides is 2. The molecule has 0 aliphatic carbocycles. The molecule has 4 rings (SSSR count). The van der Waals surface area contributed by atoms with Gasteiger partial charge in [0.1, 0.15) is 0 Å². The van der Waals surface area contributed by atoms with Crippen molar-refractivity contribution in [3.05, 3.63) is 69.8 Å². The minimum Gasteiger partial charge on any atom is -0.396 e. The van der Waals surface area contributed by atoms with Crippen molar-refractivity contribution >= 4 is 56.9 Å². The van der Waals surface area contributed by atoms with Gasteiger partial charge in [0.25, 0.3) is 11.8 Å². The number of nitrogens with zero attached hydrogens (tertiary/aromatic N) is 1. The molecule has 0 radical (unpaired) electrons. The smallest absolute Gasteiger partial charge is 0.272 e. The van der Waals surface area contributed by atoms with E-state index in [2.05, 4.69) is 0 Å². The van der Waals surface area contributed by atoms with E-state index in [1.165, 1.54) is 28.0 Å². The second kappa shape index (κ2) is 7.07. The Labute approximate surface area is 158 Å². The van der Waals surface area contributed by atoms with E-state index < -0.39 is 0 Å². The normalized spacial score (nSPS) is 14.7. The standard InChI is InChI=1S/C20H15NO3S2/c22-10-12-26-18-17(16-9-4-11-25-16)19(23)21(20(18)24)15-8-3-6-13-5-1-2-7-14(13)15/h1-9,11,22H,10,12H2. The molecule has 1 aliphatic rings. The minimum atomic E-state index is -0.326. The number of carbonyl (C=O) groups is 2. The van der Waals surface area contributed by atoms with Crippen LogP contribution in [0.4, 0.5) is 5.69 Å². The third-order valence-corrected chi connectivity index (χ3v) is 6.10. The highest BCUT2D eigenvalue weighted by Crippen LogP contribution is 2.41. The van der Waals surface area contributed by atoms with Gasteiger partial charge in [0.05, 0.1) is 22.8 Å². The number of carbonyl (C=O) groups excluding carboxylic acids is 2. The molecule has 1 N–H and O–H groups in total. The van der Waals surface area contributed by atoms with E-state index in [-0.39, 0.29) is 18.4 Å². The first-order valence-electron chi connectivity index (χ1n) is 8.10. The molecule has 0 saturated carbocycles. The molecule has 1 aliphatic heterocycles. The molecule has 1 aromatic heterocycles. The van der Waals surface area contributed by atoms with Gasteiger partial charge in [0.2, 0.25) is 0 Å². The highest BCUT2D eigenvalue weighted by Gasteiger charge is 2.41. The number of benzene rings is 2. The van der Waals surface area contributed by atoms with Crippen LogP contribution >= 0.6 is 23.1 Å². The molecule has 4 nitrogen and oxygen atoms in total. The van der Waals surface area contributed by atoms with Crippen molar-refractivity contribution in [1.29, 1.82) is 0 Å². The summed E-state index contributed by atoms with van der Waals surface area (Å²) in [7, 11) is 0. The fourth-order valence-corrected chi connectivity index (χ4v) is 4.74. The molecule has 0 bridgehead atoms. The van der Waals surface area contributed by atoms with E-state index in [0.717, 1.165) is 15.6 Å². The second-order valence-corrected chi connectivity index (χ2v) is 7.75. The van der Waals surface area contributed by atoms with E-state index in [1.807, 2.05) is 53.9 Å². The van der Waals surface area contributed by atoms with Crippen LogP contribution in [0.3, 0.4) is 0 Å². The first-order chi connectivity index (χ1) is 12.7. The fraction of sp³-hybridized carbons (Fsp3) is 0.100. The average molecular weight is 381 g/mol. The van der Waals surface area contributed by atoms with E-state index >= 15 is 0 Å². The second-order valence-electron chi connectivity index (χ2n) is 5.70. The zero-order chi connectivity index (χ0) is 18.1. The minimum absolute atomic E-state index is 0.0539. The zero-order valence-electron chi connectivity index (χ0n) is 13.7. The van der Waals surface area contributed by atoms with Crippen LogP contribution in [-0.4, -0.2) is 29.3 Å². The number of aliphatic hydroxyl groups is 1. The Hall–Kier alpha value is -2.41. The molecule has 6 heteroatoms. The maximum Gasteiger partial charge on any atom is 0.272 e. The topological polar surface area (TPSA) is 57.6 Å². The van der Waals surface area contributed by atoms with Crippen LogP contribution in [0.25, 0.3) is 16.3 Å². The lowest BCUT2D eigenvalue weighted by atomic mass is 10.1. The van der Waals surface area contributed by atoms with E-state index in [4.69, 9.17) is 5.11 Å². The summed E-state index contributed by atoms with van der Waals surface area (Å²) in [4.78, 5) is 28.8. The number of thiophene rings is 1. The molecule has 130 valence electrons. The quantitative estimate of drug-likeness (QED) is 0.681. The van der Waals surface area contributed by atoms with Crippen molar-refractivity contribution in [2.45, 2.75) is 0 Å². The lowest BCUT2D eigenvalue weighted by Gasteiger charge is -2.17. The Morgan fingerprint density at radius 3 is 2.54 bits per heavy atom. The predicted molar refractivity (Wildman–Crippen MR) is 107 cm³/mol. The van der Waals surface area contributed by atoms with Gasteiger partial charge in [0, 0.05) is 16.0 Å². The van der Waals surface area contributed by atoms with E-state index in [0.29, 0.717) is 21.9 Å². The lowest BCUT2D eigenvalue weighted by molar-refractivity contribution is -0.119. The number of anilines is 1. The van der Waals surface area contributed by atoms with Crippen LogP contribution < -0.4 is 4.90 Å². The van der Waals surface area contributed by atoms with E-state index in [1.54, 1.807) is 6.07 Å². The molecule has 0 saturated heterocycles. The largest absolute Gasteiger partial charge is 0.396 e. The Balaban J connectivity index is 1.85. The Morgan fingerprint density at radius 2 is 1.77 bits per heavy atom. The van der Waals surface area contributed by atoms with Gasteiger partial charge >= 0.3 is 0 Å². The highest BCUT2D eigenvalue weighted by molar-refractivity contribution is 8.04. The van der Waals surface area contributed by atoms with Gasteiger partial charge in [-0.25, -0.2) is 4.90 Å². The van der Waals surface area contributed by atoms with Crippen LogP contribution in [0.1, 0.15) is 4.88 Å². The predicted octanol–water partition coefficient (Wildman–Crippen LogP) is 3.91. The van der Waals surface area contributed by atoms with E-state index in [9.17, 15) is 9.59 Å². The number of imide groups is 1. The van der Waals surface area contributed by atoms with Crippen LogP contribution in [0.5, 0.6) is 0 Å². The molecule has 2 heterocycles. The van der Waals surface area contributed by atoms with Crippen molar-refractivity contribution in [3.8, 4) is 0 Å². The molecule has 2 aromatic carbocycles. The molecule has 0 atom stereocenters.